The van der Waals surface area contributed by atoms with Gasteiger partial charge in [-0.25, -0.2) is 0 Å². The van der Waals surface area contributed by atoms with Crippen LogP contribution < -0.4 is 0 Å². The molecule has 0 radical (unpaired) electrons. The maximum absolute atomic E-state index is 5.98. The van der Waals surface area contributed by atoms with Crippen LogP contribution in [0.3, 0.4) is 0 Å². The lowest BCUT2D eigenvalue weighted by Gasteiger charge is -2.60. The molecule has 0 aromatic carbocycles. The molecule has 2 bridgehead atoms. The van der Waals surface area contributed by atoms with Crippen LogP contribution in [0.1, 0.15) is 33.6 Å². The Morgan fingerprint density at radius 2 is 2.07 bits per heavy atom. The minimum atomic E-state index is 0.0835. The van der Waals surface area contributed by atoms with Crippen LogP contribution >= 0.6 is 0 Å². The van der Waals surface area contributed by atoms with E-state index in [0.717, 1.165) is 18.2 Å². The molecule has 14 heavy (non-hydrogen) atoms. The normalized spacial score (nSPS) is 48.6. The molecule has 1 saturated heterocycles. The van der Waals surface area contributed by atoms with Crippen molar-refractivity contribution in [3.63, 3.8) is 0 Å². The summed E-state index contributed by atoms with van der Waals surface area (Å²) in [6, 6.07) is 0. The predicted octanol–water partition coefficient (Wildman–Crippen LogP) is 2.34. The molecule has 1 aliphatic heterocycles. The van der Waals surface area contributed by atoms with Crippen molar-refractivity contribution < 1.29 is 9.31 Å². The molecule has 78 valence electrons. The van der Waals surface area contributed by atoms with Gasteiger partial charge >= 0.3 is 7.12 Å². The molecule has 0 amide bonds. The van der Waals surface area contributed by atoms with Crippen LogP contribution in [-0.4, -0.2) is 19.3 Å². The molecule has 3 saturated carbocycles. The van der Waals surface area contributed by atoms with E-state index in [2.05, 4.69) is 20.8 Å². The van der Waals surface area contributed by atoms with Gasteiger partial charge in [0.2, 0.25) is 0 Å². The highest BCUT2D eigenvalue weighted by molar-refractivity contribution is 6.45. The Morgan fingerprint density at radius 3 is 2.71 bits per heavy atom. The van der Waals surface area contributed by atoms with E-state index in [1.54, 1.807) is 0 Å². The Labute approximate surface area is 86.5 Å². The zero-order valence-electron chi connectivity index (χ0n) is 9.32. The molecule has 0 aromatic heterocycles. The first-order valence-corrected chi connectivity index (χ1v) is 5.94. The average Bonchev–Trinajstić information content (AvgIpc) is 2.59. The van der Waals surface area contributed by atoms with Crippen LogP contribution in [0.25, 0.3) is 0 Å². The maximum Gasteiger partial charge on any atom is 0.457 e. The Bertz CT molecular complexity index is 254. The van der Waals surface area contributed by atoms with E-state index < -0.39 is 0 Å². The van der Waals surface area contributed by atoms with Gasteiger partial charge in [0.25, 0.3) is 0 Å². The molecule has 4 atom stereocenters. The van der Waals surface area contributed by atoms with Crippen LogP contribution in [-0.2, 0) is 9.31 Å². The standard InChI is InChI=1S/C11H19BO2/c1-4-12-13-9-6-7-5-8(10(9)14-12)11(7,2)3/h7-10H,4-6H2,1-3H3. The predicted molar refractivity (Wildman–Crippen MR) is 56.0 cm³/mol. The van der Waals surface area contributed by atoms with E-state index in [1.807, 2.05) is 0 Å². The molecule has 4 aliphatic rings. The number of rotatable bonds is 1. The summed E-state index contributed by atoms with van der Waals surface area (Å²) in [6.45, 7) is 6.92. The molecule has 0 N–H and O–H groups in total. The van der Waals surface area contributed by atoms with Gasteiger partial charge in [-0.2, -0.15) is 0 Å². The quantitative estimate of drug-likeness (QED) is 0.596. The lowest BCUT2D eigenvalue weighted by Crippen LogP contribution is -2.59. The summed E-state index contributed by atoms with van der Waals surface area (Å²) < 4.78 is 11.9. The fraction of sp³-hybridized carbons (Fsp3) is 1.00. The summed E-state index contributed by atoms with van der Waals surface area (Å²) in [5.41, 5.74) is 0.507. The highest BCUT2D eigenvalue weighted by atomic mass is 16.7. The van der Waals surface area contributed by atoms with Crippen LogP contribution in [0.4, 0.5) is 0 Å². The van der Waals surface area contributed by atoms with Crippen molar-refractivity contribution in [2.24, 2.45) is 17.3 Å². The third kappa shape index (κ3) is 1.00. The second-order valence-electron chi connectivity index (χ2n) is 5.71. The van der Waals surface area contributed by atoms with Gasteiger partial charge in [-0.1, -0.05) is 20.8 Å². The highest BCUT2D eigenvalue weighted by Gasteiger charge is 2.61. The molecule has 0 spiro atoms. The van der Waals surface area contributed by atoms with E-state index in [0.29, 0.717) is 17.6 Å². The Kier molecular flexibility index (Phi) is 1.82. The van der Waals surface area contributed by atoms with E-state index in [9.17, 15) is 0 Å². The van der Waals surface area contributed by atoms with Gasteiger partial charge < -0.3 is 9.31 Å². The largest absolute Gasteiger partial charge is 0.457 e. The second-order valence-corrected chi connectivity index (χ2v) is 5.71. The zero-order chi connectivity index (χ0) is 9.92. The Morgan fingerprint density at radius 1 is 1.29 bits per heavy atom. The number of hydrogen-bond donors (Lipinski definition) is 0. The average molecular weight is 194 g/mol. The van der Waals surface area contributed by atoms with E-state index in [-0.39, 0.29) is 7.12 Å². The van der Waals surface area contributed by atoms with Crippen LogP contribution in [0.5, 0.6) is 0 Å². The second kappa shape index (κ2) is 2.76. The first kappa shape index (κ1) is 9.23. The van der Waals surface area contributed by atoms with Crippen molar-refractivity contribution >= 4 is 7.12 Å². The zero-order valence-corrected chi connectivity index (χ0v) is 9.32. The van der Waals surface area contributed by atoms with Gasteiger partial charge in [0, 0.05) is 0 Å². The third-order valence-electron chi connectivity index (χ3n) is 4.79. The lowest BCUT2D eigenvalue weighted by atomic mass is 9.47. The van der Waals surface area contributed by atoms with Crippen molar-refractivity contribution in [2.75, 3.05) is 0 Å². The summed E-state index contributed by atoms with van der Waals surface area (Å²) in [4.78, 5) is 0. The van der Waals surface area contributed by atoms with Crippen molar-refractivity contribution in [1.82, 2.24) is 0 Å². The first-order valence-electron chi connectivity index (χ1n) is 5.94. The highest BCUT2D eigenvalue weighted by Crippen LogP contribution is 2.61. The SMILES string of the molecule is CCB1OC2CC3CC(C2O1)C3(C)C. The van der Waals surface area contributed by atoms with Gasteiger partial charge in [-0.3, -0.25) is 0 Å². The summed E-state index contributed by atoms with van der Waals surface area (Å²) in [5, 5.41) is 0. The van der Waals surface area contributed by atoms with E-state index in [1.165, 1.54) is 12.8 Å². The van der Waals surface area contributed by atoms with Crippen molar-refractivity contribution in [3.8, 4) is 0 Å². The molecule has 3 aliphatic carbocycles. The van der Waals surface area contributed by atoms with Crippen molar-refractivity contribution in [2.45, 2.75) is 52.1 Å². The molecule has 4 unspecified atom stereocenters. The fourth-order valence-electron chi connectivity index (χ4n) is 3.60. The third-order valence-corrected chi connectivity index (χ3v) is 4.79. The Balaban J connectivity index is 1.79. The van der Waals surface area contributed by atoms with Gasteiger partial charge in [0.1, 0.15) is 0 Å². The summed E-state index contributed by atoms with van der Waals surface area (Å²) in [6.07, 6.45) is 4.40. The van der Waals surface area contributed by atoms with Gasteiger partial charge in [-0.15, -0.1) is 0 Å². The van der Waals surface area contributed by atoms with Gasteiger partial charge in [0.15, 0.2) is 0 Å². The smallest absolute Gasteiger partial charge is 0.406 e. The molecule has 0 aromatic rings. The van der Waals surface area contributed by atoms with Crippen molar-refractivity contribution in [1.29, 1.82) is 0 Å². The van der Waals surface area contributed by atoms with Crippen molar-refractivity contribution in [3.05, 3.63) is 0 Å². The molecular formula is C11H19BO2. The first-order chi connectivity index (χ1) is 6.63. The topological polar surface area (TPSA) is 18.5 Å². The fourth-order valence-corrected chi connectivity index (χ4v) is 3.60. The van der Waals surface area contributed by atoms with Gasteiger partial charge in [0.05, 0.1) is 12.2 Å². The van der Waals surface area contributed by atoms with Crippen LogP contribution in [0, 0.1) is 17.3 Å². The number of hydrogen-bond acceptors (Lipinski definition) is 2. The summed E-state index contributed by atoms with van der Waals surface area (Å²) in [7, 11) is 0.0835. The van der Waals surface area contributed by atoms with E-state index in [4.69, 9.17) is 9.31 Å². The molecular weight excluding hydrogens is 175 g/mol. The maximum atomic E-state index is 5.98. The summed E-state index contributed by atoms with van der Waals surface area (Å²) in [5.74, 6) is 1.63. The molecule has 4 fully saturated rings. The van der Waals surface area contributed by atoms with Crippen LogP contribution in [0.15, 0.2) is 0 Å². The molecule has 2 nitrogen and oxygen atoms in total. The minimum Gasteiger partial charge on any atom is -0.406 e. The minimum absolute atomic E-state index is 0.0835. The Hall–Kier alpha value is -0.0151. The van der Waals surface area contributed by atoms with E-state index >= 15 is 0 Å². The molecule has 1 heterocycles. The lowest BCUT2D eigenvalue weighted by molar-refractivity contribution is -0.150. The molecule has 3 heteroatoms. The monoisotopic (exact) mass is 194 g/mol. The molecule has 4 rings (SSSR count). The van der Waals surface area contributed by atoms with Crippen LogP contribution in [0.2, 0.25) is 6.32 Å². The summed E-state index contributed by atoms with van der Waals surface area (Å²) >= 11 is 0. The van der Waals surface area contributed by atoms with Gasteiger partial charge in [-0.05, 0) is 36.4 Å².